The van der Waals surface area contributed by atoms with E-state index >= 15 is 0 Å². The topological polar surface area (TPSA) is 63.6 Å². The van der Waals surface area contributed by atoms with Crippen LogP contribution in [0, 0.1) is 0 Å². The van der Waals surface area contributed by atoms with Gasteiger partial charge in [0.05, 0.1) is 17.1 Å². The van der Waals surface area contributed by atoms with Crippen molar-refractivity contribution in [3.05, 3.63) is 40.9 Å². The fourth-order valence-electron chi connectivity index (χ4n) is 2.22. The predicted molar refractivity (Wildman–Crippen MR) is 76.2 cm³/mol. The molecule has 1 aliphatic heterocycles. The number of hydrogen-bond acceptors (Lipinski definition) is 6. The molecule has 1 aliphatic rings. The molecule has 5 nitrogen and oxygen atoms in total. The highest BCUT2D eigenvalue weighted by Crippen LogP contribution is 2.25. The molecule has 0 saturated heterocycles. The highest BCUT2D eigenvalue weighted by molar-refractivity contribution is 7.99. The quantitative estimate of drug-likeness (QED) is 0.787. The van der Waals surface area contributed by atoms with E-state index in [4.69, 9.17) is 14.4 Å². The number of aromatic nitrogens is 2. The van der Waals surface area contributed by atoms with Crippen LogP contribution in [0.25, 0.3) is 0 Å². The van der Waals surface area contributed by atoms with Crippen molar-refractivity contribution in [2.24, 2.45) is 9.98 Å². The first-order chi connectivity index (χ1) is 9.74. The zero-order valence-corrected chi connectivity index (χ0v) is 12.4. The molecule has 1 aromatic heterocycles. The van der Waals surface area contributed by atoms with Crippen molar-refractivity contribution in [1.29, 1.82) is 0 Å². The summed E-state index contributed by atoms with van der Waals surface area (Å²) >= 11 is 1.55. The second-order valence-corrected chi connectivity index (χ2v) is 5.84. The van der Waals surface area contributed by atoms with Crippen LogP contribution in [-0.4, -0.2) is 21.6 Å². The minimum Gasteiger partial charge on any atom is -0.416 e. The van der Waals surface area contributed by atoms with E-state index in [0.717, 1.165) is 22.9 Å². The minimum absolute atomic E-state index is 0.496. The van der Waals surface area contributed by atoms with Gasteiger partial charge in [-0.25, -0.2) is 0 Å². The number of thioether (sulfide) groups is 1. The molecular weight excluding hydrogens is 272 g/mol. The van der Waals surface area contributed by atoms with Crippen LogP contribution in [0.2, 0.25) is 0 Å². The van der Waals surface area contributed by atoms with Gasteiger partial charge in [0.1, 0.15) is 0 Å². The highest BCUT2D eigenvalue weighted by Gasteiger charge is 2.31. The summed E-state index contributed by atoms with van der Waals surface area (Å²) in [4.78, 5) is 9.50. The lowest BCUT2D eigenvalue weighted by atomic mass is 10.1. The normalized spacial score (nSPS) is 15.5. The summed E-state index contributed by atoms with van der Waals surface area (Å²) in [5.41, 5.74) is -0.496. The highest BCUT2D eigenvalue weighted by atomic mass is 32.2. The van der Waals surface area contributed by atoms with Crippen LogP contribution in [0.5, 0.6) is 0 Å². The molecule has 0 spiro atoms. The smallest absolute Gasteiger partial charge is 0.276 e. The van der Waals surface area contributed by atoms with Crippen molar-refractivity contribution in [3.63, 3.8) is 0 Å². The molecule has 0 saturated carbocycles. The van der Waals surface area contributed by atoms with Gasteiger partial charge in [0.25, 0.3) is 5.22 Å². The molecule has 0 fully saturated rings. The molecule has 0 N–H and O–H groups in total. The third-order valence-corrected chi connectivity index (χ3v) is 3.96. The van der Waals surface area contributed by atoms with Crippen molar-refractivity contribution >= 4 is 11.8 Å². The largest absolute Gasteiger partial charge is 0.416 e. The summed E-state index contributed by atoms with van der Waals surface area (Å²) in [6, 6.07) is 7.93. The molecule has 2 aromatic rings. The molecular formula is C14H16N4OS. The van der Waals surface area contributed by atoms with Gasteiger partial charge in [0, 0.05) is 0 Å². The molecule has 0 aliphatic carbocycles. The Bertz CT molecular complexity index is 690. The van der Waals surface area contributed by atoms with E-state index < -0.39 is 5.66 Å². The van der Waals surface area contributed by atoms with E-state index in [-0.39, 0.29) is 0 Å². The molecule has 20 heavy (non-hydrogen) atoms. The van der Waals surface area contributed by atoms with Gasteiger partial charge in [-0.3, -0.25) is 9.98 Å². The van der Waals surface area contributed by atoms with Crippen molar-refractivity contribution in [1.82, 2.24) is 10.2 Å². The van der Waals surface area contributed by atoms with E-state index in [1.807, 2.05) is 24.3 Å². The number of fused-ring (bicyclic) bond motifs is 1. The number of benzene rings is 1. The fraction of sp³-hybridized carbons (Fsp3) is 0.429. The van der Waals surface area contributed by atoms with E-state index in [2.05, 4.69) is 24.0 Å². The molecule has 3 rings (SSSR count). The monoisotopic (exact) mass is 288 g/mol. The van der Waals surface area contributed by atoms with Crippen LogP contribution in [0.15, 0.2) is 43.9 Å². The molecule has 0 radical (unpaired) electrons. The van der Waals surface area contributed by atoms with Gasteiger partial charge in [0.2, 0.25) is 5.89 Å². The van der Waals surface area contributed by atoms with Crippen LogP contribution in [-0.2, 0) is 6.42 Å². The molecule has 6 heteroatoms. The second-order valence-electron chi connectivity index (χ2n) is 4.62. The van der Waals surface area contributed by atoms with Gasteiger partial charge < -0.3 is 4.42 Å². The third kappa shape index (κ3) is 2.47. The first-order valence-electron chi connectivity index (χ1n) is 6.74. The summed E-state index contributed by atoms with van der Waals surface area (Å²) in [5, 5.41) is 10.6. The Hall–Kier alpha value is -1.69. The third-order valence-electron chi connectivity index (χ3n) is 3.26. The Morgan fingerprint density at radius 2 is 1.80 bits per heavy atom. The van der Waals surface area contributed by atoms with Crippen molar-refractivity contribution in [3.8, 4) is 0 Å². The maximum atomic E-state index is 5.63. The summed E-state index contributed by atoms with van der Waals surface area (Å²) in [5.74, 6) is 1.52. The minimum atomic E-state index is -0.496. The van der Waals surface area contributed by atoms with Gasteiger partial charge >= 0.3 is 0 Å². The average Bonchev–Trinajstić information content (AvgIpc) is 3.04. The van der Waals surface area contributed by atoms with E-state index in [0.29, 0.717) is 17.5 Å². The van der Waals surface area contributed by atoms with Crippen LogP contribution in [0.1, 0.15) is 26.2 Å². The Labute approximate surface area is 121 Å². The zero-order chi connectivity index (χ0) is 14.0. The fourth-order valence-corrected chi connectivity index (χ4v) is 2.72. The summed E-state index contributed by atoms with van der Waals surface area (Å²) in [6.07, 6.45) is 1.36. The Kier molecular flexibility index (Phi) is 3.56. The SMILES string of the molecule is CCSc1nnc(CC2(CC)N=c3ccccc3=N2)o1. The van der Waals surface area contributed by atoms with Crippen LogP contribution < -0.4 is 10.7 Å². The van der Waals surface area contributed by atoms with Gasteiger partial charge in [-0.15, -0.1) is 10.2 Å². The number of para-hydroxylation sites is 2. The van der Waals surface area contributed by atoms with Gasteiger partial charge in [0.15, 0.2) is 5.66 Å². The molecule has 0 bridgehead atoms. The van der Waals surface area contributed by atoms with Crippen molar-refractivity contribution in [2.45, 2.75) is 37.6 Å². The lowest BCUT2D eigenvalue weighted by Gasteiger charge is -2.18. The maximum absolute atomic E-state index is 5.63. The van der Waals surface area contributed by atoms with E-state index in [1.54, 1.807) is 11.8 Å². The van der Waals surface area contributed by atoms with Crippen molar-refractivity contribution in [2.75, 3.05) is 5.75 Å². The van der Waals surface area contributed by atoms with Gasteiger partial charge in [-0.05, 0) is 24.3 Å². The van der Waals surface area contributed by atoms with Crippen molar-refractivity contribution < 1.29 is 4.42 Å². The molecule has 0 atom stereocenters. The Balaban J connectivity index is 1.90. The van der Waals surface area contributed by atoms with E-state index in [9.17, 15) is 0 Å². The molecule has 2 heterocycles. The number of hydrogen-bond donors (Lipinski definition) is 0. The van der Waals surface area contributed by atoms with Crippen LogP contribution in [0.3, 0.4) is 0 Å². The summed E-state index contributed by atoms with van der Waals surface area (Å²) < 4.78 is 5.63. The van der Waals surface area contributed by atoms with Crippen LogP contribution >= 0.6 is 11.8 Å². The van der Waals surface area contributed by atoms with Gasteiger partial charge in [-0.1, -0.05) is 37.7 Å². The number of rotatable bonds is 5. The first kappa shape index (κ1) is 13.3. The molecule has 104 valence electrons. The first-order valence-corrected chi connectivity index (χ1v) is 7.73. The molecule has 1 aromatic carbocycles. The zero-order valence-electron chi connectivity index (χ0n) is 11.5. The van der Waals surface area contributed by atoms with E-state index in [1.165, 1.54) is 0 Å². The summed E-state index contributed by atoms with van der Waals surface area (Å²) in [7, 11) is 0. The molecule has 0 unspecified atom stereocenters. The lowest BCUT2D eigenvalue weighted by molar-refractivity contribution is 0.346. The predicted octanol–water partition coefficient (Wildman–Crippen LogP) is 1.78. The summed E-state index contributed by atoms with van der Waals surface area (Å²) in [6.45, 7) is 4.14. The van der Waals surface area contributed by atoms with Gasteiger partial charge in [-0.2, -0.15) is 0 Å². The standard InChI is InChI=1S/C14H16N4OS/c1-3-14(9-12-17-18-13(19-12)20-4-2)15-10-7-5-6-8-11(10)16-14/h5-8H,3-4,9H2,1-2H3. The molecule has 0 amide bonds. The Morgan fingerprint density at radius 3 is 2.40 bits per heavy atom. The number of nitrogens with zero attached hydrogens (tertiary/aromatic N) is 4. The maximum Gasteiger partial charge on any atom is 0.276 e. The second kappa shape index (κ2) is 5.36. The lowest BCUT2D eigenvalue weighted by Crippen LogP contribution is -2.25. The van der Waals surface area contributed by atoms with Crippen LogP contribution in [0.4, 0.5) is 0 Å². The average molecular weight is 288 g/mol. The Morgan fingerprint density at radius 1 is 1.10 bits per heavy atom.